The summed E-state index contributed by atoms with van der Waals surface area (Å²) in [5.41, 5.74) is 1.07. The molecule has 3 aliphatic rings. The van der Waals surface area contributed by atoms with Gasteiger partial charge >= 0.3 is 6.18 Å². The second kappa shape index (κ2) is 9.62. The van der Waals surface area contributed by atoms with Crippen molar-refractivity contribution >= 4 is 5.82 Å². The molecule has 9 nitrogen and oxygen atoms in total. The van der Waals surface area contributed by atoms with E-state index in [0.717, 1.165) is 42.0 Å². The third kappa shape index (κ3) is 5.03. The highest BCUT2D eigenvalue weighted by atomic mass is 19.4. The summed E-state index contributed by atoms with van der Waals surface area (Å²) in [6.45, 7) is 5.67. The molecular weight excluding hydrogens is 485 g/mol. The lowest BCUT2D eigenvalue weighted by atomic mass is 10.1. The van der Waals surface area contributed by atoms with E-state index in [4.69, 9.17) is 9.72 Å². The Labute approximate surface area is 213 Å². The minimum atomic E-state index is -4.41. The predicted octanol–water partition coefficient (Wildman–Crippen LogP) is 3.92. The van der Waals surface area contributed by atoms with Gasteiger partial charge in [0.2, 0.25) is 0 Å². The number of imidazole rings is 1. The van der Waals surface area contributed by atoms with Crippen molar-refractivity contribution in [3.8, 4) is 28.7 Å². The number of hydrogen-bond acceptors (Lipinski definition) is 7. The smallest absolute Gasteiger partial charge is 0.408 e. The van der Waals surface area contributed by atoms with Gasteiger partial charge in [-0.05, 0) is 45.7 Å². The molecule has 37 heavy (non-hydrogen) atoms. The molecule has 0 bridgehead atoms. The first-order valence-electron chi connectivity index (χ1n) is 13.0. The van der Waals surface area contributed by atoms with Crippen LogP contribution < -0.4 is 9.64 Å². The molecule has 0 aliphatic carbocycles. The van der Waals surface area contributed by atoms with Crippen LogP contribution in [0.25, 0.3) is 22.9 Å². The molecule has 1 atom stereocenters. The zero-order valence-electron chi connectivity index (χ0n) is 20.9. The second-order valence-electron chi connectivity index (χ2n) is 10.1. The maximum Gasteiger partial charge on any atom is 0.408 e. The van der Waals surface area contributed by atoms with Gasteiger partial charge < -0.3 is 19.1 Å². The molecule has 6 rings (SSSR count). The first-order valence-corrected chi connectivity index (χ1v) is 13.0. The molecule has 0 spiro atoms. The van der Waals surface area contributed by atoms with Crippen molar-refractivity contribution in [3.05, 3.63) is 24.3 Å². The third-order valence-corrected chi connectivity index (χ3v) is 7.38. The lowest BCUT2D eigenvalue weighted by Crippen LogP contribution is -2.42. The number of piperidine rings is 1. The number of aryl methyl sites for hydroxylation is 1. The Balaban J connectivity index is 1.28. The number of aromatic nitrogens is 6. The molecule has 2 saturated heterocycles. The highest BCUT2D eigenvalue weighted by molar-refractivity contribution is 5.69. The summed E-state index contributed by atoms with van der Waals surface area (Å²) >= 11 is 0. The van der Waals surface area contributed by atoms with Gasteiger partial charge in [-0.15, -0.1) is 0 Å². The fourth-order valence-corrected chi connectivity index (χ4v) is 5.73. The van der Waals surface area contributed by atoms with Crippen LogP contribution in [0.15, 0.2) is 18.5 Å². The molecule has 3 aliphatic heterocycles. The van der Waals surface area contributed by atoms with E-state index in [0.29, 0.717) is 36.5 Å². The van der Waals surface area contributed by atoms with Crippen LogP contribution in [0.2, 0.25) is 0 Å². The predicted molar refractivity (Wildman–Crippen MR) is 131 cm³/mol. The van der Waals surface area contributed by atoms with Gasteiger partial charge in [0.05, 0.1) is 12.1 Å². The molecule has 0 saturated carbocycles. The Kier molecular flexibility index (Phi) is 6.29. The summed E-state index contributed by atoms with van der Waals surface area (Å²) in [6.07, 6.45) is 5.26. The summed E-state index contributed by atoms with van der Waals surface area (Å²) in [6, 6.07) is 2.43. The van der Waals surface area contributed by atoms with Crippen molar-refractivity contribution in [2.24, 2.45) is 0 Å². The molecule has 2 fully saturated rings. The van der Waals surface area contributed by atoms with Crippen molar-refractivity contribution in [2.75, 3.05) is 37.7 Å². The Bertz CT molecular complexity index is 1260. The lowest BCUT2D eigenvalue weighted by Gasteiger charge is -2.33. The van der Waals surface area contributed by atoms with Crippen LogP contribution in [0, 0.1) is 6.92 Å². The molecule has 0 amide bonds. The summed E-state index contributed by atoms with van der Waals surface area (Å²) in [7, 11) is 0. The maximum atomic E-state index is 13.1. The molecule has 0 N–H and O–H groups in total. The van der Waals surface area contributed by atoms with Crippen LogP contribution in [-0.2, 0) is 13.1 Å². The quantitative estimate of drug-likeness (QED) is 0.509. The topological polar surface area (TPSA) is 77.1 Å². The van der Waals surface area contributed by atoms with E-state index >= 15 is 0 Å². The number of nitrogens with zero attached hydrogens (tertiary/aromatic N) is 8. The van der Waals surface area contributed by atoms with Gasteiger partial charge in [-0.1, -0.05) is 6.42 Å². The number of pyridine rings is 1. The van der Waals surface area contributed by atoms with Gasteiger partial charge in [0.1, 0.15) is 42.1 Å². The number of ether oxygens (including phenoxy) is 1. The minimum Gasteiger partial charge on any atom is -0.491 e. The van der Waals surface area contributed by atoms with Crippen LogP contribution in [0.3, 0.4) is 0 Å². The highest BCUT2D eigenvalue weighted by Gasteiger charge is 2.32. The normalized spacial score (nSPS) is 20.4. The molecule has 0 aromatic carbocycles. The van der Waals surface area contributed by atoms with Crippen molar-refractivity contribution in [3.63, 3.8) is 0 Å². The van der Waals surface area contributed by atoms with E-state index in [1.165, 1.54) is 32.4 Å². The molecule has 198 valence electrons. The van der Waals surface area contributed by atoms with Gasteiger partial charge in [-0.25, -0.2) is 19.6 Å². The van der Waals surface area contributed by atoms with E-state index in [1.807, 2.05) is 10.6 Å². The number of halogens is 3. The summed E-state index contributed by atoms with van der Waals surface area (Å²) < 4.78 is 48.2. The van der Waals surface area contributed by atoms with E-state index in [2.05, 4.69) is 24.9 Å². The average Bonchev–Trinajstić information content (AvgIpc) is 3.55. The number of anilines is 1. The molecule has 3 aromatic heterocycles. The monoisotopic (exact) mass is 516 g/mol. The fourth-order valence-electron chi connectivity index (χ4n) is 5.73. The maximum absolute atomic E-state index is 13.1. The molecular formula is C25H31F3N8O. The summed E-state index contributed by atoms with van der Waals surface area (Å²) in [5.74, 6) is 2.56. The number of fused-ring (bicyclic) bond motifs is 3. The Hall–Kier alpha value is -3.15. The average molecular weight is 517 g/mol. The SMILES string of the molecule is Cc1nc(-c2cn3c(n2)-c2cnc(N4CCCC4CN4CCCCC4)cc2OCC3)n(CC(F)(F)F)n1. The standard InChI is InChI=1S/C25H31F3N8O/c1-17-30-24(36(32-17)16-25(26,27)28)20-15-34-10-11-37-21-12-22(29-13-19(21)23(34)31-20)35-9-5-6-18(35)14-33-7-3-2-4-8-33/h12-13,15,18H,2-11,14,16H2,1H3. The fraction of sp³-hybridized carbons (Fsp3) is 0.600. The molecule has 1 unspecified atom stereocenters. The third-order valence-electron chi connectivity index (χ3n) is 7.38. The van der Waals surface area contributed by atoms with Crippen molar-refractivity contribution in [2.45, 2.75) is 64.3 Å². The number of hydrogen-bond donors (Lipinski definition) is 0. The number of alkyl halides is 3. The van der Waals surface area contributed by atoms with Gasteiger partial charge in [0.25, 0.3) is 0 Å². The summed E-state index contributed by atoms with van der Waals surface area (Å²) in [4.78, 5) is 18.7. The Morgan fingerprint density at radius 2 is 1.86 bits per heavy atom. The van der Waals surface area contributed by atoms with E-state index in [1.54, 1.807) is 19.3 Å². The van der Waals surface area contributed by atoms with Gasteiger partial charge in [0, 0.05) is 37.6 Å². The largest absolute Gasteiger partial charge is 0.491 e. The summed E-state index contributed by atoms with van der Waals surface area (Å²) in [5, 5.41) is 3.94. The minimum absolute atomic E-state index is 0.0973. The van der Waals surface area contributed by atoms with Crippen LogP contribution in [0.1, 0.15) is 37.9 Å². The van der Waals surface area contributed by atoms with Crippen LogP contribution in [-0.4, -0.2) is 79.2 Å². The van der Waals surface area contributed by atoms with Crippen molar-refractivity contribution in [1.29, 1.82) is 0 Å². The van der Waals surface area contributed by atoms with Crippen LogP contribution in [0.4, 0.5) is 19.0 Å². The van der Waals surface area contributed by atoms with Gasteiger partial charge in [-0.3, -0.25) is 0 Å². The second-order valence-corrected chi connectivity index (χ2v) is 10.1. The first kappa shape index (κ1) is 24.2. The molecule has 6 heterocycles. The Morgan fingerprint density at radius 1 is 1.03 bits per heavy atom. The highest BCUT2D eigenvalue weighted by Crippen LogP contribution is 2.37. The number of rotatable bonds is 5. The van der Waals surface area contributed by atoms with Gasteiger partial charge in [-0.2, -0.15) is 18.3 Å². The molecule has 12 heteroatoms. The van der Waals surface area contributed by atoms with Gasteiger partial charge in [0.15, 0.2) is 5.82 Å². The van der Waals surface area contributed by atoms with E-state index in [-0.39, 0.29) is 11.6 Å². The van der Waals surface area contributed by atoms with Crippen LogP contribution >= 0.6 is 0 Å². The lowest BCUT2D eigenvalue weighted by molar-refractivity contribution is -0.142. The van der Waals surface area contributed by atoms with E-state index < -0.39 is 12.7 Å². The zero-order chi connectivity index (χ0) is 25.6. The molecule has 0 radical (unpaired) electrons. The van der Waals surface area contributed by atoms with E-state index in [9.17, 15) is 13.2 Å². The molecule has 3 aromatic rings. The Morgan fingerprint density at radius 3 is 2.68 bits per heavy atom. The first-order chi connectivity index (χ1) is 17.8. The van der Waals surface area contributed by atoms with Crippen LogP contribution in [0.5, 0.6) is 5.75 Å². The number of likely N-dealkylation sites (tertiary alicyclic amines) is 1. The van der Waals surface area contributed by atoms with Crippen molar-refractivity contribution in [1.82, 2.24) is 34.2 Å². The zero-order valence-corrected chi connectivity index (χ0v) is 20.9. The van der Waals surface area contributed by atoms with Crippen molar-refractivity contribution < 1.29 is 17.9 Å².